The third-order valence-electron chi connectivity index (χ3n) is 3.75. The molecule has 2 heterocycles. The summed E-state index contributed by atoms with van der Waals surface area (Å²) in [5.41, 5.74) is 0.813. The molecular weight excluding hydrogens is 280 g/mol. The van der Waals surface area contributed by atoms with Crippen molar-refractivity contribution in [3.05, 3.63) is 30.6 Å². The molecule has 2 aromatic rings. The molecule has 0 radical (unpaired) electrons. The highest BCUT2D eigenvalue weighted by Crippen LogP contribution is 2.31. The molecule has 1 aliphatic rings. The highest BCUT2D eigenvalue weighted by atomic mass is 16.5. The lowest BCUT2D eigenvalue weighted by atomic mass is 10.2. The van der Waals surface area contributed by atoms with Crippen LogP contribution in [0.2, 0.25) is 0 Å². The van der Waals surface area contributed by atoms with Crippen LogP contribution in [0.5, 0.6) is 11.5 Å². The zero-order valence-corrected chi connectivity index (χ0v) is 12.9. The maximum atomic E-state index is 5.38. The number of hydrogen-bond donors (Lipinski definition) is 1. The lowest BCUT2D eigenvalue weighted by Crippen LogP contribution is -2.19. The molecule has 1 N–H and O–H groups in total. The quantitative estimate of drug-likeness (QED) is 0.916. The first-order valence-electron chi connectivity index (χ1n) is 7.36. The van der Waals surface area contributed by atoms with E-state index in [-0.39, 0.29) is 0 Å². The Hall–Kier alpha value is -2.50. The summed E-state index contributed by atoms with van der Waals surface area (Å²) in [7, 11) is 3.28. The van der Waals surface area contributed by atoms with Crippen molar-refractivity contribution in [1.29, 1.82) is 0 Å². The van der Waals surface area contributed by atoms with Crippen molar-refractivity contribution in [1.82, 2.24) is 9.97 Å². The minimum Gasteiger partial charge on any atom is -0.497 e. The highest BCUT2D eigenvalue weighted by Gasteiger charge is 2.14. The van der Waals surface area contributed by atoms with E-state index in [0.717, 1.165) is 41.9 Å². The molecule has 1 aromatic carbocycles. The van der Waals surface area contributed by atoms with Gasteiger partial charge < -0.3 is 19.7 Å². The normalized spacial score (nSPS) is 14.0. The second-order valence-electron chi connectivity index (χ2n) is 5.15. The molecule has 1 aromatic heterocycles. The molecule has 0 amide bonds. The lowest BCUT2D eigenvalue weighted by Gasteiger charge is -2.17. The molecule has 6 heteroatoms. The van der Waals surface area contributed by atoms with Crippen LogP contribution >= 0.6 is 0 Å². The summed E-state index contributed by atoms with van der Waals surface area (Å²) in [6, 6.07) is 7.57. The number of hydrogen-bond acceptors (Lipinski definition) is 6. The van der Waals surface area contributed by atoms with Gasteiger partial charge in [0.2, 0.25) is 0 Å². The number of nitrogens with zero attached hydrogens (tertiary/aromatic N) is 3. The summed E-state index contributed by atoms with van der Waals surface area (Å²) >= 11 is 0. The number of anilines is 3. The van der Waals surface area contributed by atoms with Crippen molar-refractivity contribution in [2.24, 2.45) is 0 Å². The van der Waals surface area contributed by atoms with Gasteiger partial charge in [-0.1, -0.05) is 0 Å². The molecule has 3 rings (SSSR count). The van der Waals surface area contributed by atoms with Crippen molar-refractivity contribution in [3.8, 4) is 11.5 Å². The summed E-state index contributed by atoms with van der Waals surface area (Å²) in [5.74, 6) is 3.19. The maximum Gasteiger partial charge on any atom is 0.142 e. The number of rotatable bonds is 5. The topological polar surface area (TPSA) is 59.5 Å². The van der Waals surface area contributed by atoms with Gasteiger partial charge >= 0.3 is 0 Å². The van der Waals surface area contributed by atoms with Gasteiger partial charge in [0, 0.05) is 25.2 Å². The van der Waals surface area contributed by atoms with Crippen LogP contribution in [0.15, 0.2) is 30.6 Å². The van der Waals surface area contributed by atoms with Gasteiger partial charge in [0.15, 0.2) is 0 Å². The van der Waals surface area contributed by atoms with Crippen LogP contribution < -0.4 is 19.7 Å². The Morgan fingerprint density at radius 1 is 1.05 bits per heavy atom. The Labute approximate surface area is 130 Å². The Bertz CT molecular complexity index is 642. The van der Waals surface area contributed by atoms with Crippen molar-refractivity contribution in [3.63, 3.8) is 0 Å². The molecule has 0 bridgehead atoms. The molecule has 1 saturated heterocycles. The van der Waals surface area contributed by atoms with E-state index in [0.29, 0.717) is 0 Å². The van der Waals surface area contributed by atoms with Gasteiger partial charge in [-0.15, -0.1) is 0 Å². The van der Waals surface area contributed by atoms with Crippen molar-refractivity contribution < 1.29 is 9.47 Å². The van der Waals surface area contributed by atoms with E-state index in [1.807, 2.05) is 24.3 Å². The van der Waals surface area contributed by atoms with Crippen molar-refractivity contribution >= 4 is 17.3 Å². The summed E-state index contributed by atoms with van der Waals surface area (Å²) in [4.78, 5) is 10.9. The number of methoxy groups -OCH3 is 2. The molecule has 116 valence electrons. The van der Waals surface area contributed by atoms with E-state index in [1.54, 1.807) is 20.5 Å². The fourth-order valence-electron chi connectivity index (χ4n) is 2.58. The zero-order valence-electron chi connectivity index (χ0n) is 12.9. The Kier molecular flexibility index (Phi) is 4.27. The van der Waals surface area contributed by atoms with E-state index in [4.69, 9.17) is 9.47 Å². The first-order chi connectivity index (χ1) is 10.8. The van der Waals surface area contributed by atoms with E-state index < -0.39 is 0 Å². The van der Waals surface area contributed by atoms with Crippen LogP contribution in [0.4, 0.5) is 17.3 Å². The predicted molar refractivity (Wildman–Crippen MR) is 86.3 cm³/mol. The van der Waals surface area contributed by atoms with Gasteiger partial charge in [-0.2, -0.15) is 0 Å². The molecular formula is C16H20N4O2. The third-order valence-corrected chi connectivity index (χ3v) is 3.75. The van der Waals surface area contributed by atoms with E-state index in [2.05, 4.69) is 20.2 Å². The molecule has 6 nitrogen and oxygen atoms in total. The molecule has 0 atom stereocenters. The molecule has 0 aliphatic carbocycles. The Balaban J connectivity index is 1.84. The predicted octanol–water partition coefficient (Wildman–Crippen LogP) is 2.84. The molecule has 22 heavy (non-hydrogen) atoms. The molecule has 1 fully saturated rings. The average Bonchev–Trinajstić information content (AvgIpc) is 3.09. The van der Waals surface area contributed by atoms with E-state index in [9.17, 15) is 0 Å². The number of ether oxygens (including phenoxy) is 2. The van der Waals surface area contributed by atoms with Gasteiger partial charge in [-0.25, -0.2) is 9.97 Å². The highest BCUT2D eigenvalue weighted by molar-refractivity contribution is 5.67. The van der Waals surface area contributed by atoms with Crippen LogP contribution in [-0.4, -0.2) is 37.3 Å². The fourth-order valence-corrected chi connectivity index (χ4v) is 2.58. The van der Waals surface area contributed by atoms with Crippen LogP contribution in [0, 0.1) is 0 Å². The van der Waals surface area contributed by atoms with Gasteiger partial charge in [-0.3, -0.25) is 0 Å². The van der Waals surface area contributed by atoms with E-state index in [1.165, 1.54) is 12.8 Å². The smallest absolute Gasteiger partial charge is 0.142 e. The van der Waals surface area contributed by atoms with Crippen LogP contribution in [-0.2, 0) is 0 Å². The SMILES string of the molecule is COc1ccc(OC)c(Nc2cc(N3CCCC3)ncn2)c1. The second kappa shape index (κ2) is 6.51. The average molecular weight is 300 g/mol. The van der Waals surface area contributed by atoms with Crippen molar-refractivity contribution in [2.45, 2.75) is 12.8 Å². The standard InChI is InChI=1S/C16H20N4O2/c1-21-12-5-6-14(22-2)13(9-12)19-15-10-16(18-11-17-15)20-7-3-4-8-20/h5-6,9-11H,3-4,7-8H2,1-2H3,(H,17,18,19). The van der Waals surface area contributed by atoms with E-state index >= 15 is 0 Å². The first-order valence-corrected chi connectivity index (χ1v) is 7.36. The Morgan fingerprint density at radius 3 is 2.59 bits per heavy atom. The number of nitrogens with one attached hydrogen (secondary N) is 1. The molecule has 0 unspecified atom stereocenters. The molecule has 1 aliphatic heterocycles. The minimum atomic E-state index is 0.738. The summed E-state index contributed by atoms with van der Waals surface area (Å²) in [6.07, 6.45) is 4.02. The third kappa shape index (κ3) is 3.05. The van der Waals surface area contributed by atoms with Crippen LogP contribution in [0.25, 0.3) is 0 Å². The Morgan fingerprint density at radius 2 is 1.86 bits per heavy atom. The first kappa shape index (κ1) is 14.4. The van der Waals surface area contributed by atoms with Gasteiger partial charge in [-0.05, 0) is 25.0 Å². The number of benzene rings is 1. The van der Waals surface area contributed by atoms with Crippen molar-refractivity contribution in [2.75, 3.05) is 37.5 Å². The lowest BCUT2D eigenvalue weighted by molar-refractivity contribution is 0.405. The van der Waals surface area contributed by atoms with Crippen LogP contribution in [0.3, 0.4) is 0 Å². The van der Waals surface area contributed by atoms with Crippen LogP contribution in [0.1, 0.15) is 12.8 Å². The summed E-state index contributed by atoms with van der Waals surface area (Å²) in [5, 5.41) is 3.28. The molecule has 0 saturated carbocycles. The van der Waals surface area contributed by atoms with Gasteiger partial charge in [0.1, 0.15) is 29.5 Å². The number of aromatic nitrogens is 2. The maximum absolute atomic E-state index is 5.38. The molecule has 0 spiro atoms. The van der Waals surface area contributed by atoms with Gasteiger partial charge in [0.05, 0.1) is 19.9 Å². The minimum absolute atomic E-state index is 0.738. The summed E-state index contributed by atoms with van der Waals surface area (Å²) in [6.45, 7) is 2.11. The second-order valence-corrected chi connectivity index (χ2v) is 5.15. The monoisotopic (exact) mass is 300 g/mol. The fraction of sp³-hybridized carbons (Fsp3) is 0.375. The zero-order chi connectivity index (χ0) is 15.4. The summed E-state index contributed by atoms with van der Waals surface area (Å²) < 4.78 is 10.6. The largest absolute Gasteiger partial charge is 0.497 e. The van der Waals surface area contributed by atoms with Gasteiger partial charge in [0.25, 0.3) is 0 Å².